The summed E-state index contributed by atoms with van der Waals surface area (Å²) in [7, 11) is 0. The first-order chi connectivity index (χ1) is 26.4. The van der Waals surface area contributed by atoms with Crippen LogP contribution >= 0.6 is 0 Å². The molecule has 4 aromatic carbocycles. The van der Waals surface area contributed by atoms with Crippen LogP contribution < -0.4 is 4.40 Å². The summed E-state index contributed by atoms with van der Waals surface area (Å²) in [6, 6.07) is 38.4. The van der Waals surface area contributed by atoms with Gasteiger partial charge in [-0.3, -0.25) is 4.98 Å². The summed E-state index contributed by atoms with van der Waals surface area (Å²) in [5.41, 5.74) is 13.9. The largest absolute Gasteiger partial charge is 0.486 e. The maximum absolute atomic E-state index is 6.41. The van der Waals surface area contributed by atoms with Crippen molar-refractivity contribution in [1.29, 1.82) is 0 Å². The van der Waals surface area contributed by atoms with Crippen LogP contribution in [0.4, 0.5) is 0 Å². The van der Waals surface area contributed by atoms with Gasteiger partial charge in [-0.05, 0) is 60.7 Å². The Bertz CT molecular complexity index is 2690. The van der Waals surface area contributed by atoms with Gasteiger partial charge in [-0.1, -0.05) is 62.9 Å². The van der Waals surface area contributed by atoms with E-state index in [1.807, 2.05) is 37.3 Å². The van der Waals surface area contributed by atoms with Crippen molar-refractivity contribution in [3.63, 3.8) is 0 Å². The van der Waals surface area contributed by atoms with Crippen LogP contribution in [0.2, 0.25) is 17.3 Å². The number of furan rings is 1. The Hall–Kier alpha value is -4.36. The number of nitrogens with zero attached hydrogens (tertiary/aromatic N) is 4. The summed E-state index contributed by atoms with van der Waals surface area (Å²) >= 11 is -1.90. The minimum Gasteiger partial charge on any atom is -0.486 e. The molecule has 0 aliphatic heterocycles. The zero-order valence-electron chi connectivity index (χ0n) is 35.5. The van der Waals surface area contributed by atoms with Crippen LogP contribution in [0.25, 0.3) is 61.4 Å². The quantitative estimate of drug-likeness (QED) is 0.127. The number of aryl methyl sites for hydroxylation is 3. The molecule has 4 heterocycles. The van der Waals surface area contributed by atoms with Gasteiger partial charge in [-0.15, -0.1) is 17.7 Å². The molecule has 0 aliphatic rings. The predicted molar refractivity (Wildman–Crippen MR) is 238 cm³/mol. The zero-order valence-corrected chi connectivity index (χ0v) is 40.0. The first-order valence-corrected chi connectivity index (χ1v) is 27.0. The Morgan fingerprint density at radius 3 is 2.14 bits per heavy atom. The van der Waals surface area contributed by atoms with Crippen molar-refractivity contribution >= 4 is 50.8 Å². The molecule has 0 bridgehead atoms. The van der Waals surface area contributed by atoms with E-state index in [4.69, 9.17) is 19.4 Å². The van der Waals surface area contributed by atoms with Crippen LogP contribution in [0.3, 0.4) is 0 Å². The SMILES string of the molecule is CC(C)(C)Cc1cc(-c2[c-]cccc2)nc[c]1[Ge]([CH3])([CH3])[CH3].Cc1cc2c(nc1C)oc1c(-c3nc4ccccc4n3-c3ccc(C(C)(C)C)cc3)[c-]cc(C)c12.[Ir]. The molecule has 0 fully saturated rings. The molecule has 7 heteroatoms. The average molecular weight is 992 g/mol. The van der Waals surface area contributed by atoms with E-state index in [2.05, 4.69) is 156 Å². The molecule has 0 aliphatic carbocycles. The first kappa shape index (κ1) is 42.3. The van der Waals surface area contributed by atoms with Crippen LogP contribution in [0.15, 0.2) is 102 Å². The van der Waals surface area contributed by atoms with E-state index in [-0.39, 0.29) is 25.5 Å². The number of aromatic nitrogens is 4. The van der Waals surface area contributed by atoms with Crippen molar-refractivity contribution in [3.8, 4) is 28.3 Å². The third kappa shape index (κ3) is 8.89. The normalized spacial score (nSPS) is 12.1. The number of para-hydroxylation sites is 2. The zero-order chi connectivity index (χ0) is 40.2. The molecule has 8 aromatic rings. The van der Waals surface area contributed by atoms with E-state index >= 15 is 0 Å². The van der Waals surface area contributed by atoms with Crippen LogP contribution in [-0.4, -0.2) is 32.8 Å². The minimum absolute atomic E-state index is 0. The van der Waals surface area contributed by atoms with Crippen LogP contribution in [-0.2, 0) is 31.9 Å². The molecule has 0 saturated heterocycles. The summed E-state index contributed by atoms with van der Waals surface area (Å²) in [5, 5.41) is 2.11. The van der Waals surface area contributed by atoms with Gasteiger partial charge in [0.1, 0.15) is 0 Å². The molecule has 0 amide bonds. The van der Waals surface area contributed by atoms with Gasteiger partial charge in [0, 0.05) is 36.9 Å². The monoisotopic (exact) mass is 993 g/mol. The minimum atomic E-state index is -1.90. The van der Waals surface area contributed by atoms with E-state index < -0.39 is 13.3 Å². The summed E-state index contributed by atoms with van der Waals surface area (Å²) in [6.07, 6.45) is 3.24. The maximum Gasteiger partial charge on any atom is 0.216 e. The van der Waals surface area contributed by atoms with Crippen LogP contribution in [0.5, 0.6) is 0 Å². The van der Waals surface area contributed by atoms with E-state index in [0.717, 1.165) is 79.0 Å². The van der Waals surface area contributed by atoms with Gasteiger partial charge in [-0.2, -0.15) is 0 Å². The molecule has 0 spiro atoms. The van der Waals surface area contributed by atoms with Crippen LogP contribution in [0, 0.1) is 38.3 Å². The molecule has 0 saturated carbocycles. The standard InChI is InChI=1S/C31H28N3O.C19H26GeN.Ir/c1-18-11-16-23(28-27(18)24-17-19(2)20(3)32-30(24)35-28)29-33-25-9-7-8-10-26(25)34(29)22-14-12-21(13-15-22)31(4,5)6;1-19(2,3)13-16-12-18(15-10-8-7-9-11-15)21-14-17(16)20(4,5)6;/h7-15,17H,1-6H3;7-10,12,14H,13H2,1-6H3;/q2*-1;. The molecule has 0 atom stereocenters. The van der Waals surface area contributed by atoms with E-state index in [9.17, 15) is 0 Å². The molecule has 0 N–H and O–H groups in total. The number of fused-ring (bicyclic) bond motifs is 4. The fraction of sp³-hybridized carbons (Fsp3) is 0.300. The number of benzene rings is 4. The van der Waals surface area contributed by atoms with E-state index in [1.54, 1.807) is 0 Å². The second-order valence-electron chi connectivity index (χ2n) is 18.4. The number of imidazole rings is 1. The van der Waals surface area contributed by atoms with Crippen molar-refractivity contribution in [1.82, 2.24) is 19.5 Å². The van der Waals surface area contributed by atoms with Crippen LogP contribution in [0.1, 0.15) is 69.5 Å². The molecule has 4 aromatic heterocycles. The Morgan fingerprint density at radius 2 is 1.49 bits per heavy atom. The van der Waals surface area contributed by atoms with Crippen molar-refractivity contribution in [3.05, 3.63) is 137 Å². The Kier molecular flexibility index (Phi) is 11.9. The van der Waals surface area contributed by atoms with E-state index in [1.165, 1.54) is 15.5 Å². The maximum atomic E-state index is 6.41. The van der Waals surface area contributed by atoms with E-state index in [0.29, 0.717) is 11.1 Å². The van der Waals surface area contributed by atoms with Gasteiger partial charge in [0.25, 0.3) is 0 Å². The molecule has 57 heavy (non-hydrogen) atoms. The van der Waals surface area contributed by atoms with Crippen molar-refractivity contribution in [2.75, 3.05) is 0 Å². The molecule has 5 nitrogen and oxygen atoms in total. The van der Waals surface area contributed by atoms with Gasteiger partial charge < -0.3 is 8.98 Å². The summed E-state index contributed by atoms with van der Waals surface area (Å²) < 4.78 is 10.1. The average Bonchev–Trinajstić information content (AvgIpc) is 3.70. The first-order valence-electron chi connectivity index (χ1n) is 19.7. The molecule has 8 rings (SSSR count). The predicted octanol–water partition coefficient (Wildman–Crippen LogP) is 12.7. The topological polar surface area (TPSA) is 56.7 Å². The van der Waals surface area contributed by atoms with Crippen molar-refractivity contribution in [2.45, 2.75) is 91.4 Å². The number of hydrogen-bond acceptors (Lipinski definition) is 4. The Labute approximate surface area is 355 Å². The van der Waals surface area contributed by atoms with Gasteiger partial charge >= 0.3 is 132 Å². The van der Waals surface area contributed by atoms with Gasteiger partial charge in [-0.25, -0.2) is 4.98 Å². The second-order valence-corrected chi connectivity index (χ2v) is 29.0. The fourth-order valence-electron chi connectivity index (χ4n) is 7.42. The number of rotatable bonds is 5. The molecule has 0 unspecified atom stereocenters. The second kappa shape index (κ2) is 16.1. The number of hydrogen-bond donors (Lipinski definition) is 0. The Balaban J connectivity index is 0.000000215. The smallest absolute Gasteiger partial charge is 0.216 e. The Morgan fingerprint density at radius 1 is 0.789 bits per heavy atom. The van der Waals surface area contributed by atoms with Crippen molar-refractivity contribution in [2.24, 2.45) is 5.41 Å². The molecule has 1 radical (unpaired) electrons. The third-order valence-electron chi connectivity index (χ3n) is 10.5. The molecular weight excluding hydrogens is 937 g/mol. The third-order valence-corrected chi connectivity index (χ3v) is 14.8. The summed E-state index contributed by atoms with van der Waals surface area (Å²) in [5.74, 6) is 8.14. The fourth-order valence-corrected chi connectivity index (χ4v) is 10.7. The van der Waals surface area contributed by atoms with Crippen molar-refractivity contribution < 1.29 is 24.5 Å². The summed E-state index contributed by atoms with van der Waals surface area (Å²) in [6.45, 7) is 19.8. The van der Waals surface area contributed by atoms with Gasteiger partial charge in [0.15, 0.2) is 0 Å². The molecular formula is C50H54GeIrN4O-2. The van der Waals surface area contributed by atoms with Gasteiger partial charge in [0.05, 0.1) is 22.4 Å². The summed E-state index contributed by atoms with van der Waals surface area (Å²) in [4.78, 5) is 14.5. The van der Waals surface area contributed by atoms with Gasteiger partial charge in [0.2, 0.25) is 5.71 Å². The molecule has 295 valence electrons. The number of pyridine rings is 2.